The topological polar surface area (TPSA) is 42.7 Å². The molecule has 0 fully saturated rings. The van der Waals surface area contributed by atoms with Gasteiger partial charge < -0.3 is 5.32 Å². The molecule has 0 aromatic carbocycles. The van der Waals surface area contributed by atoms with Crippen molar-refractivity contribution in [1.82, 2.24) is 20.1 Å². The van der Waals surface area contributed by atoms with Crippen LogP contribution in [0.5, 0.6) is 0 Å². The Bertz CT molecular complexity index is 541. The molecule has 1 N–H and O–H groups in total. The molecule has 2 rings (SSSR count). The quantitative estimate of drug-likeness (QED) is 0.901. The summed E-state index contributed by atoms with van der Waals surface area (Å²) in [5, 5.41) is 8.77. The van der Waals surface area contributed by atoms with Gasteiger partial charge in [0.2, 0.25) is 0 Å². The summed E-state index contributed by atoms with van der Waals surface area (Å²) in [6, 6.07) is 0.309. The van der Waals surface area contributed by atoms with Gasteiger partial charge in [-0.1, -0.05) is 6.58 Å². The molecule has 2 heterocycles. The van der Waals surface area contributed by atoms with E-state index in [1.165, 1.54) is 4.88 Å². The smallest absolute Gasteiger partial charge is 0.0900 e. The van der Waals surface area contributed by atoms with Gasteiger partial charge >= 0.3 is 0 Å². The molecule has 5 heteroatoms. The number of nitrogens with zero attached hydrogens (tertiary/aromatic N) is 3. The normalized spacial score (nSPS) is 12.6. The van der Waals surface area contributed by atoms with Crippen LogP contribution < -0.4 is 5.32 Å². The monoisotopic (exact) mass is 262 g/mol. The molecule has 0 saturated carbocycles. The largest absolute Gasteiger partial charge is 0.305 e. The Labute approximate surface area is 111 Å². The van der Waals surface area contributed by atoms with Crippen molar-refractivity contribution < 1.29 is 0 Å². The average Bonchev–Trinajstić information content (AvgIpc) is 2.92. The second-order valence-corrected chi connectivity index (χ2v) is 5.53. The van der Waals surface area contributed by atoms with Crippen molar-refractivity contribution in [3.8, 4) is 0 Å². The Hall–Kier alpha value is -1.46. The Kier molecular flexibility index (Phi) is 3.93. The third kappa shape index (κ3) is 2.86. The van der Waals surface area contributed by atoms with Crippen molar-refractivity contribution in [3.05, 3.63) is 40.1 Å². The molecule has 0 saturated heterocycles. The number of thiazole rings is 1. The van der Waals surface area contributed by atoms with E-state index in [9.17, 15) is 0 Å². The minimum absolute atomic E-state index is 0.309. The summed E-state index contributed by atoms with van der Waals surface area (Å²) in [7, 11) is 0. The summed E-state index contributed by atoms with van der Waals surface area (Å²) in [5.41, 5.74) is 2.28. The van der Waals surface area contributed by atoms with Crippen LogP contribution in [-0.4, -0.2) is 14.8 Å². The molecule has 0 aliphatic heterocycles. The maximum atomic E-state index is 4.45. The van der Waals surface area contributed by atoms with Gasteiger partial charge in [0.25, 0.3) is 0 Å². The van der Waals surface area contributed by atoms with Crippen molar-refractivity contribution in [3.63, 3.8) is 0 Å². The van der Waals surface area contributed by atoms with Crippen molar-refractivity contribution in [1.29, 1.82) is 0 Å². The predicted octanol–water partition coefficient (Wildman–Crippen LogP) is 2.91. The van der Waals surface area contributed by atoms with E-state index < -0.39 is 0 Å². The molecule has 18 heavy (non-hydrogen) atoms. The first-order valence-corrected chi connectivity index (χ1v) is 6.74. The number of aromatic nitrogens is 3. The van der Waals surface area contributed by atoms with E-state index >= 15 is 0 Å². The van der Waals surface area contributed by atoms with Crippen LogP contribution in [0.3, 0.4) is 0 Å². The second kappa shape index (κ2) is 5.46. The summed E-state index contributed by atoms with van der Waals surface area (Å²) in [6.07, 6.45) is 5.51. The maximum Gasteiger partial charge on any atom is 0.0900 e. The van der Waals surface area contributed by atoms with Crippen LogP contribution >= 0.6 is 11.3 Å². The molecular formula is C13H18N4S. The molecule has 0 aliphatic carbocycles. The van der Waals surface area contributed by atoms with Gasteiger partial charge in [-0.2, -0.15) is 5.10 Å². The zero-order chi connectivity index (χ0) is 13.1. The van der Waals surface area contributed by atoms with Gasteiger partial charge in [0.05, 0.1) is 16.9 Å². The summed E-state index contributed by atoms with van der Waals surface area (Å²) in [6.45, 7) is 10.7. The minimum atomic E-state index is 0.309. The number of rotatable bonds is 5. The second-order valence-electron chi connectivity index (χ2n) is 4.30. The minimum Gasteiger partial charge on any atom is -0.305 e. The lowest BCUT2D eigenvalue weighted by atomic mass is 10.2. The van der Waals surface area contributed by atoms with Crippen LogP contribution in [0.2, 0.25) is 0 Å². The van der Waals surface area contributed by atoms with Gasteiger partial charge in [0, 0.05) is 35.4 Å². The molecule has 0 spiro atoms. The van der Waals surface area contributed by atoms with E-state index in [1.807, 2.05) is 19.3 Å². The maximum absolute atomic E-state index is 4.45. The number of hydrogen-bond acceptors (Lipinski definition) is 4. The van der Waals surface area contributed by atoms with Crippen molar-refractivity contribution in [2.75, 3.05) is 0 Å². The fourth-order valence-corrected chi connectivity index (χ4v) is 2.84. The van der Waals surface area contributed by atoms with Crippen LogP contribution in [0.1, 0.15) is 34.1 Å². The molecule has 1 atom stereocenters. The van der Waals surface area contributed by atoms with Crippen molar-refractivity contribution >= 4 is 17.5 Å². The fraction of sp³-hybridized carbons (Fsp3) is 0.385. The van der Waals surface area contributed by atoms with Gasteiger partial charge in [-0.3, -0.25) is 0 Å². The zero-order valence-electron chi connectivity index (χ0n) is 11.0. The number of aryl methyl sites for hydroxylation is 2. The molecule has 96 valence electrons. The van der Waals surface area contributed by atoms with Gasteiger partial charge in [0.1, 0.15) is 0 Å². The summed E-state index contributed by atoms with van der Waals surface area (Å²) in [5.74, 6) is 0. The van der Waals surface area contributed by atoms with E-state index in [0.717, 1.165) is 22.8 Å². The predicted molar refractivity (Wildman–Crippen MR) is 75.5 cm³/mol. The van der Waals surface area contributed by atoms with E-state index in [0.29, 0.717) is 6.04 Å². The Balaban J connectivity index is 1.97. The first kappa shape index (κ1) is 13.0. The van der Waals surface area contributed by atoms with Crippen LogP contribution in [0, 0.1) is 13.8 Å². The molecule has 0 amide bonds. The van der Waals surface area contributed by atoms with Gasteiger partial charge in [-0.25, -0.2) is 9.67 Å². The lowest BCUT2D eigenvalue weighted by Gasteiger charge is -2.11. The van der Waals surface area contributed by atoms with Gasteiger partial charge in [0.15, 0.2) is 0 Å². The van der Waals surface area contributed by atoms with Gasteiger partial charge in [-0.05, 0) is 20.8 Å². The lowest BCUT2D eigenvalue weighted by molar-refractivity contribution is 0.579. The van der Waals surface area contributed by atoms with Crippen molar-refractivity contribution in [2.24, 2.45) is 0 Å². The van der Waals surface area contributed by atoms with E-state index in [4.69, 9.17) is 0 Å². The molecule has 0 aliphatic rings. The van der Waals surface area contributed by atoms with Crippen LogP contribution in [-0.2, 0) is 6.54 Å². The van der Waals surface area contributed by atoms with E-state index in [2.05, 4.69) is 35.8 Å². The Morgan fingerprint density at radius 1 is 1.56 bits per heavy atom. The average molecular weight is 262 g/mol. The first-order chi connectivity index (χ1) is 8.60. The Morgan fingerprint density at radius 3 is 2.89 bits per heavy atom. The molecule has 4 nitrogen and oxygen atoms in total. The molecule has 2 aromatic heterocycles. The molecule has 0 radical (unpaired) electrons. The molecule has 0 bridgehead atoms. The van der Waals surface area contributed by atoms with E-state index in [1.54, 1.807) is 22.2 Å². The fourth-order valence-electron chi connectivity index (χ4n) is 1.88. The summed E-state index contributed by atoms with van der Waals surface area (Å²) >= 11 is 1.76. The highest BCUT2D eigenvalue weighted by Crippen LogP contribution is 2.24. The number of hydrogen-bond donors (Lipinski definition) is 1. The highest BCUT2D eigenvalue weighted by Gasteiger charge is 2.12. The van der Waals surface area contributed by atoms with Gasteiger partial charge in [-0.15, -0.1) is 11.3 Å². The SMILES string of the molecule is C=Cn1cc(CNC(C)c2sc(C)nc2C)cn1. The van der Waals surface area contributed by atoms with Crippen LogP contribution in [0.4, 0.5) is 0 Å². The lowest BCUT2D eigenvalue weighted by Crippen LogP contribution is -2.17. The number of nitrogens with one attached hydrogen (secondary N) is 1. The third-order valence-corrected chi connectivity index (χ3v) is 4.04. The highest BCUT2D eigenvalue weighted by atomic mass is 32.1. The molecular weight excluding hydrogens is 244 g/mol. The standard InChI is InChI=1S/C13H18N4S/c1-5-17-8-12(7-15-17)6-14-9(2)13-10(3)16-11(4)18-13/h5,7-9,14H,1,6H2,2-4H3. The first-order valence-electron chi connectivity index (χ1n) is 5.93. The Morgan fingerprint density at radius 2 is 2.33 bits per heavy atom. The van der Waals surface area contributed by atoms with E-state index in [-0.39, 0.29) is 0 Å². The van der Waals surface area contributed by atoms with Crippen LogP contribution in [0.25, 0.3) is 6.20 Å². The zero-order valence-corrected chi connectivity index (χ0v) is 11.8. The molecule has 1 unspecified atom stereocenters. The third-order valence-electron chi connectivity index (χ3n) is 2.79. The summed E-state index contributed by atoms with van der Waals surface area (Å²) in [4.78, 5) is 5.76. The molecule has 2 aromatic rings. The van der Waals surface area contributed by atoms with Crippen LogP contribution in [0.15, 0.2) is 19.0 Å². The summed E-state index contributed by atoms with van der Waals surface area (Å²) < 4.78 is 1.71. The van der Waals surface area contributed by atoms with Crippen molar-refractivity contribution in [2.45, 2.75) is 33.4 Å². The highest BCUT2D eigenvalue weighted by molar-refractivity contribution is 7.11.